The van der Waals surface area contributed by atoms with Gasteiger partial charge in [-0.2, -0.15) is 0 Å². The number of likely N-dealkylation sites (tertiary alicyclic amines) is 1. The van der Waals surface area contributed by atoms with Crippen LogP contribution >= 0.6 is 11.3 Å². The number of nitrogens with zero attached hydrogens (tertiary/aromatic N) is 4. The third-order valence-corrected chi connectivity index (χ3v) is 5.73. The maximum atomic E-state index is 4.84. The Morgan fingerprint density at radius 3 is 2.87 bits per heavy atom. The molecule has 0 amide bonds. The van der Waals surface area contributed by atoms with Gasteiger partial charge in [0.1, 0.15) is 6.33 Å². The summed E-state index contributed by atoms with van der Waals surface area (Å²) in [6.07, 6.45) is 8.97. The largest absolute Gasteiger partial charge is 0.300 e. The van der Waals surface area contributed by atoms with Crippen LogP contribution in [0.4, 0.5) is 0 Å². The average molecular weight is 324 g/mol. The fourth-order valence-corrected chi connectivity index (χ4v) is 4.21. The number of thiazole rings is 1. The van der Waals surface area contributed by atoms with Gasteiger partial charge in [-0.05, 0) is 44.0 Å². The fourth-order valence-electron chi connectivity index (χ4n) is 3.27. The molecule has 1 unspecified atom stereocenters. The lowest BCUT2D eigenvalue weighted by molar-refractivity contribution is 0.272. The summed E-state index contributed by atoms with van der Waals surface area (Å²) < 4.78 is 1.26. The SMILES string of the molecule is CC1CCCN1CCc1nc2cc(-c3cncnc3)ccc2s1. The van der Waals surface area contributed by atoms with Crippen LogP contribution in [0.1, 0.15) is 24.8 Å². The van der Waals surface area contributed by atoms with Crippen molar-refractivity contribution in [3.63, 3.8) is 0 Å². The summed E-state index contributed by atoms with van der Waals surface area (Å²) in [7, 11) is 0. The second-order valence-electron chi connectivity index (χ2n) is 6.19. The van der Waals surface area contributed by atoms with Gasteiger partial charge >= 0.3 is 0 Å². The van der Waals surface area contributed by atoms with Crippen molar-refractivity contribution in [1.29, 1.82) is 0 Å². The Morgan fingerprint density at radius 2 is 2.09 bits per heavy atom. The maximum absolute atomic E-state index is 4.84. The standard InChI is InChI=1S/C18H20N4S/c1-13-3-2-7-22(13)8-6-18-21-16-9-14(4-5-17(16)23-18)15-10-19-12-20-11-15/h4-5,9-13H,2-3,6-8H2,1H3. The first-order valence-corrected chi connectivity index (χ1v) is 9.00. The number of benzene rings is 1. The van der Waals surface area contributed by atoms with E-state index in [1.54, 1.807) is 6.33 Å². The van der Waals surface area contributed by atoms with Crippen LogP contribution in [-0.4, -0.2) is 39.0 Å². The van der Waals surface area contributed by atoms with E-state index < -0.39 is 0 Å². The van der Waals surface area contributed by atoms with Gasteiger partial charge in [-0.1, -0.05) is 6.07 Å². The van der Waals surface area contributed by atoms with Crippen LogP contribution in [0.3, 0.4) is 0 Å². The monoisotopic (exact) mass is 324 g/mol. The van der Waals surface area contributed by atoms with Crippen molar-refractivity contribution >= 4 is 21.6 Å². The van der Waals surface area contributed by atoms with Crippen molar-refractivity contribution in [2.24, 2.45) is 0 Å². The molecule has 0 radical (unpaired) electrons. The highest BCUT2D eigenvalue weighted by atomic mass is 32.1. The van der Waals surface area contributed by atoms with Crippen molar-refractivity contribution in [2.45, 2.75) is 32.2 Å². The molecule has 3 heterocycles. The quantitative estimate of drug-likeness (QED) is 0.732. The van der Waals surface area contributed by atoms with Gasteiger partial charge in [-0.3, -0.25) is 0 Å². The number of hydrogen-bond acceptors (Lipinski definition) is 5. The van der Waals surface area contributed by atoms with E-state index in [0.29, 0.717) is 0 Å². The van der Waals surface area contributed by atoms with Gasteiger partial charge in [0.15, 0.2) is 0 Å². The Kier molecular flexibility index (Phi) is 4.06. The Bertz CT molecular complexity index is 799. The predicted molar refractivity (Wildman–Crippen MR) is 94.6 cm³/mol. The first-order valence-electron chi connectivity index (χ1n) is 8.18. The lowest BCUT2D eigenvalue weighted by Crippen LogP contribution is -2.28. The zero-order chi connectivity index (χ0) is 15.6. The first-order chi connectivity index (χ1) is 11.3. The highest BCUT2D eigenvalue weighted by Crippen LogP contribution is 2.28. The normalized spacial score (nSPS) is 18.7. The van der Waals surface area contributed by atoms with Gasteiger partial charge < -0.3 is 4.90 Å². The van der Waals surface area contributed by atoms with Crippen LogP contribution in [0.2, 0.25) is 0 Å². The summed E-state index contributed by atoms with van der Waals surface area (Å²) in [6.45, 7) is 4.70. The zero-order valence-electron chi connectivity index (χ0n) is 13.3. The second kappa shape index (κ2) is 6.34. The molecule has 2 aromatic heterocycles. The molecular weight excluding hydrogens is 304 g/mol. The maximum Gasteiger partial charge on any atom is 0.115 e. The lowest BCUT2D eigenvalue weighted by Gasteiger charge is -2.19. The summed E-state index contributed by atoms with van der Waals surface area (Å²) in [6, 6.07) is 7.17. The van der Waals surface area contributed by atoms with Crippen LogP contribution in [0.15, 0.2) is 36.9 Å². The molecule has 23 heavy (non-hydrogen) atoms. The van der Waals surface area contributed by atoms with E-state index in [1.807, 2.05) is 23.7 Å². The van der Waals surface area contributed by atoms with Crippen LogP contribution in [0, 0.1) is 0 Å². The number of hydrogen-bond donors (Lipinski definition) is 0. The molecule has 1 aliphatic heterocycles. The minimum absolute atomic E-state index is 0.731. The Labute approximate surface area is 140 Å². The van der Waals surface area contributed by atoms with Gasteiger partial charge in [0.2, 0.25) is 0 Å². The van der Waals surface area contributed by atoms with Crippen molar-refractivity contribution in [3.8, 4) is 11.1 Å². The summed E-state index contributed by atoms with van der Waals surface area (Å²) in [5, 5.41) is 1.24. The molecule has 0 N–H and O–H groups in total. The molecule has 0 aliphatic carbocycles. The minimum Gasteiger partial charge on any atom is -0.300 e. The summed E-state index contributed by atoms with van der Waals surface area (Å²) in [5.74, 6) is 0. The average Bonchev–Trinajstić information content (AvgIpc) is 3.18. The smallest absolute Gasteiger partial charge is 0.115 e. The third kappa shape index (κ3) is 3.12. The number of aromatic nitrogens is 3. The van der Waals surface area contributed by atoms with Gasteiger partial charge in [0.25, 0.3) is 0 Å². The molecule has 1 aliphatic rings. The molecule has 118 valence electrons. The Hall–Kier alpha value is -1.85. The van der Waals surface area contributed by atoms with E-state index in [0.717, 1.165) is 35.7 Å². The van der Waals surface area contributed by atoms with Gasteiger partial charge in [-0.25, -0.2) is 15.0 Å². The van der Waals surface area contributed by atoms with Crippen LogP contribution in [-0.2, 0) is 6.42 Å². The van der Waals surface area contributed by atoms with E-state index in [4.69, 9.17) is 4.98 Å². The number of rotatable bonds is 4. The van der Waals surface area contributed by atoms with Gasteiger partial charge in [-0.15, -0.1) is 11.3 Å². The van der Waals surface area contributed by atoms with Gasteiger partial charge in [0.05, 0.1) is 15.2 Å². The Balaban J connectivity index is 1.54. The van der Waals surface area contributed by atoms with E-state index >= 15 is 0 Å². The predicted octanol–water partition coefficient (Wildman–Crippen LogP) is 3.78. The third-order valence-electron chi connectivity index (χ3n) is 4.63. The molecule has 3 aromatic rings. The van der Waals surface area contributed by atoms with Gasteiger partial charge in [0, 0.05) is 37.0 Å². The molecular formula is C18H20N4S. The molecule has 1 atom stereocenters. The molecule has 0 bridgehead atoms. The summed E-state index contributed by atoms with van der Waals surface area (Å²) in [4.78, 5) is 15.6. The van der Waals surface area contributed by atoms with Crippen molar-refractivity contribution in [2.75, 3.05) is 13.1 Å². The second-order valence-corrected chi connectivity index (χ2v) is 7.31. The minimum atomic E-state index is 0.731. The van der Waals surface area contributed by atoms with E-state index in [1.165, 1.54) is 29.1 Å². The molecule has 1 saturated heterocycles. The van der Waals surface area contributed by atoms with Crippen molar-refractivity contribution in [1.82, 2.24) is 19.9 Å². The highest BCUT2D eigenvalue weighted by Gasteiger charge is 2.20. The highest BCUT2D eigenvalue weighted by molar-refractivity contribution is 7.18. The Morgan fingerprint density at radius 1 is 1.22 bits per heavy atom. The molecule has 1 fully saturated rings. The molecule has 0 saturated carbocycles. The van der Waals surface area contributed by atoms with E-state index in [9.17, 15) is 0 Å². The summed E-state index contributed by atoms with van der Waals surface area (Å²) >= 11 is 1.82. The fraction of sp³-hybridized carbons (Fsp3) is 0.389. The van der Waals surface area contributed by atoms with E-state index in [2.05, 4.69) is 40.0 Å². The van der Waals surface area contributed by atoms with Crippen molar-refractivity contribution in [3.05, 3.63) is 41.9 Å². The lowest BCUT2D eigenvalue weighted by atomic mass is 10.1. The first kappa shape index (κ1) is 14.7. The van der Waals surface area contributed by atoms with E-state index in [-0.39, 0.29) is 0 Å². The molecule has 4 rings (SSSR count). The zero-order valence-corrected chi connectivity index (χ0v) is 14.1. The van der Waals surface area contributed by atoms with Crippen LogP contribution in [0.25, 0.3) is 21.3 Å². The molecule has 1 aromatic carbocycles. The topological polar surface area (TPSA) is 41.9 Å². The van der Waals surface area contributed by atoms with Crippen LogP contribution in [0.5, 0.6) is 0 Å². The number of fused-ring (bicyclic) bond motifs is 1. The summed E-state index contributed by atoms with van der Waals surface area (Å²) in [5.41, 5.74) is 3.25. The van der Waals surface area contributed by atoms with Crippen LogP contribution < -0.4 is 0 Å². The molecule has 5 heteroatoms. The molecule has 4 nitrogen and oxygen atoms in total. The molecule has 0 spiro atoms. The van der Waals surface area contributed by atoms with Crippen molar-refractivity contribution < 1.29 is 0 Å².